The summed E-state index contributed by atoms with van der Waals surface area (Å²) in [5.41, 5.74) is 4.14. The maximum absolute atomic E-state index is 10.2. The average Bonchev–Trinajstić information content (AvgIpc) is 3.53. The molecular formula is C20H19N9OS. The van der Waals surface area contributed by atoms with Gasteiger partial charge in [0.25, 0.3) is 0 Å². The second-order valence-electron chi connectivity index (χ2n) is 7.69. The number of H-pyrrole nitrogens is 1. The first kappa shape index (κ1) is 18.3. The van der Waals surface area contributed by atoms with E-state index in [9.17, 15) is 5.11 Å². The molecule has 0 aliphatic heterocycles. The Hall–Kier alpha value is -3.44. The van der Waals surface area contributed by atoms with Crippen molar-refractivity contribution in [3.05, 3.63) is 36.8 Å². The summed E-state index contributed by atoms with van der Waals surface area (Å²) in [6.07, 6.45) is 7.22. The summed E-state index contributed by atoms with van der Waals surface area (Å²) in [6, 6.07) is 8.07. The molecule has 156 valence electrons. The molecule has 0 bridgehead atoms. The second kappa shape index (κ2) is 7.36. The highest BCUT2D eigenvalue weighted by Crippen LogP contribution is 2.31. The Morgan fingerprint density at radius 1 is 1.13 bits per heavy atom. The van der Waals surface area contributed by atoms with E-state index >= 15 is 0 Å². The van der Waals surface area contributed by atoms with Gasteiger partial charge in [-0.15, -0.1) is 10.2 Å². The van der Waals surface area contributed by atoms with Crippen molar-refractivity contribution in [3.8, 4) is 17.1 Å². The van der Waals surface area contributed by atoms with Crippen molar-refractivity contribution in [1.82, 2.24) is 40.1 Å². The molecule has 2 unspecified atom stereocenters. The highest BCUT2D eigenvalue weighted by molar-refractivity contribution is 7.22. The highest BCUT2D eigenvalue weighted by Gasteiger charge is 2.23. The van der Waals surface area contributed by atoms with Crippen LogP contribution in [0.15, 0.2) is 36.8 Å². The van der Waals surface area contributed by atoms with Crippen LogP contribution in [0, 0.1) is 0 Å². The van der Waals surface area contributed by atoms with E-state index in [0.29, 0.717) is 5.82 Å². The van der Waals surface area contributed by atoms with Gasteiger partial charge in [-0.3, -0.25) is 4.57 Å². The van der Waals surface area contributed by atoms with Gasteiger partial charge in [-0.2, -0.15) is 5.21 Å². The lowest BCUT2D eigenvalue weighted by Crippen LogP contribution is -2.36. The zero-order valence-corrected chi connectivity index (χ0v) is 17.2. The fraction of sp³-hybridized carbons (Fsp3) is 0.300. The Bertz CT molecular complexity index is 1360. The van der Waals surface area contributed by atoms with E-state index in [1.54, 1.807) is 23.9 Å². The van der Waals surface area contributed by atoms with Crippen LogP contribution < -0.4 is 5.32 Å². The van der Waals surface area contributed by atoms with Crippen molar-refractivity contribution in [1.29, 1.82) is 0 Å². The molecule has 3 N–H and O–H groups in total. The van der Waals surface area contributed by atoms with Gasteiger partial charge in [0.2, 0.25) is 5.82 Å². The predicted molar refractivity (Wildman–Crippen MR) is 117 cm³/mol. The van der Waals surface area contributed by atoms with Gasteiger partial charge >= 0.3 is 0 Å². The van der Waals surface area contributed by atoms with Gasteiger partial charge in [0.15, 0.2) is 10.8 Å². The molecule has 10 nitrogen and oxygen atoms in total. The third-order valence-corrected chi connectivity index (χ3v) is 6.63. The Kier molecular flexibility index (Phi) is 4.35. The SMILES string of the molecule is OC1CCCCC1Nc1nc2ccc(-n3cnc4cc(-c5nn[nH]n5)cnc43)cc2s1. The van der Waals surface area contributed by atoms with Gasteiger partial charge < -0.3 is 10.4 Å². The smallest absolute Gasteiger partial charge is 0.206 e. The summed E-state index contributed by atoms with van der Waals surface area (Å²) in [4.78, 5) is 13.8. The topological polar surface area (TPSA) is 130 Å². The number of thiazole rings is 1. The molecule has 0 saturated heterocycles. The van der Waals surface area contributed by atoms with Crippen LogP contribution in [0.3, 0.4) is 0 Å². The van der Waals surface area contributed by atoms with Gasteiger partial charge in [0.05, 0.1) is 28.0 Å². The van der Waals surface area contributed by atoms with E-state index < -0.39 is 0 Å². The van der Waals surface area contributed by atoms with Gasteiger partial charge in [-0.05, 0) is 42.3 Å². The number of aliphatic hydroxyl groups is 1. The summed E-state index contributed by atoms with van der Waals surface area (Å²) in [7, 11) is 0. The van der Waals surface area contributed by atoms with E-state index in [-0.39, 0.29) is 12.1 Å². The first-order valence-electron chi connectivity index (χ1n) is 10.2. The van der Waals surface area contributed by atoms with Crippen LogP contribution in [0.2, 0.25) is 0 Å². The Balaban J connectivity index is 1.32. The maximum atomic E-state index is 10.2. The van der Waals surface area contributed by atoms with Gasteiger partial charge in [-0.1, -0.05) is 24.2 Å². The molecule has 2 atom stereocenters. The third kappa shape index (κ3) is 3.31. The van der Waals surface area contributed by atoms with Crippen LogP contribution in [-0.4, -0.2) is 57.4 Å². The van der Waals surface area contributed by atoms with Gasteiger partial charge in [0.1, 0.15) is 11.8 Å². The van der Waals surface area contributed by atoms with Crippen LogP contribution in [0.5, 0.6) is 0 Å². The van der Waals surface area contributed by atoms with E-state index in [4.69, 9.17) is 4.98 Å². The largest absolute Gasteiger partial charge is 0.391 e. The van der Waals surface area contributed by atoms with Gasteiger partial charge in [-0.25, -0.2) is 15.0 Å². The van der Waals surface area contributed by atoms with E-state index in [1.807, 2.05) is 22.8 Å². The first-order valence-corrected chi connectivity index (χ1v) is 11.0. The molecule has 5 aromatic rings. The third-order valence-electron chi connectivity index (χ3n) is 5.68. The summed E-state index contributed by atoms with van der Waals surface area (Å²) < 4.78 is 3.02. The molecule has 4 heterocycles. The number of benzene rings is 1. The number of hydrogen-bond acceptors (Lipinski definition) is 9. The van der Waals surface area contributed by atoms with Gasteiger partial charge in [0, 0.05) is 11.8 Å². The molecule has 1 fully saturated rings. The number of pyridine rings is 1. The van der Waals surface area contributed by atoms with E-state index in [1.165, 1.54) is 0 Å². The molecule has 0 spiro atoms. The van der Waals surface area contributed by atoms with Crippen molar-refractivity contribution < 1.29 is 5.11 Å². The minimum absolute atomic E-state index is 0.0731. The lowest BCUT2D eigenvalue weighted by molar-refractivity contribution is 0.116. The lowest BCUT2D eigenvalue weighted by Gasteiger charge is -2.27. The lowest BCUT2D eigenvalue weighted by atomic mass is 9.93. The minimum atomic E-state index is -0.308. The molecule has 0 amide bonds. The average molecular weight is 434 g/mol. The quantitative estimate of drug-likeness (QED) is 0.394. The molecule has 6 rings (SSSR count). The molecule has 1 aliphatic carbocycles. The van der Waals surface area contributed by atoms with Crippen LogP contribution in [0.4, 0.5) is 5.13 Å². The normalized spacial score (nSPS) is 19.3. The first-order chi connectivity index (χ1) is 15.2. The van der Waals surface area contributed by atoms with Crippen LogP contribution in [0.1, 0.15) is 25.7 Å². The maximum Gasteiger partial charge on any atom is 0.206 e. The number of imidazole rings is 1. The Morgan fingerprint density at radius 2 is 2.06 bits per heavy atom. The Labute approximate surface area is 180 Å². The summed E-state index contributed by atoms with van der Waals surface area (Å²) in [6.45, 7) is 0. The summed E-state index contributed by atoms with van der Waals surface area (Å²) >= 11 is 1.60. The molecule has 1 aliphatic rings. The van der Waals surface area contributed by atoms with Crippen LogP contribution >= 0.6 is 11.3 Å². The minimum Gasteiger partial charge on any atom is -0.391 e. The highest BCUT2D eigenvalue weighted by atomic mass is 32.1. The molecule has 1 aromatic carbocycles. The van der Waals surface area contributed by atoms with Crippen LogP contribution in [0.25, 0.3) is 38.5 Å². The molecule has 11 heteroatoms. The standard InChI is InChI=1S/C20H19N9OS/c30-16-4-2-1-3-13(16)23-20-24-14-6-5-12(8-17(14)31-20)29-10-22-15-7-11(9-21-19(15)29)18-25-27-28-26-18/h5-10,13,16,30H,1-4H2,(H,23,24)(H,25,26,27,28). The number of aromatic amines is 1. The number of anilines is 1. The fourth-order valence-corrected chi connectivity index (χ4v) is 5.02. The zero-order chi connectivity index (χ0) is 20.8. The number of hydrogen-bond donors (Lipinski definition) is 3. The molecular weight excluding hydrogens is 414 g/mol. The van der Waals surface area contributed by atoms with Crippen molar-refractivity contribution in [2.75, 3.05) is 5.32 Å². The molecule has 1 saturated carbocycles. The predicted octanol–water partition coefficient (Wildman–Crippen LogP) is 2.93. The molecule has 4 aromatic heterocycles. The zero-order valence-electron chi connectivity index (χ0n) is 16.4. The number of nitrogens with one attached hydrogen (secondary N) is 2. The number of fused-ring (bicyclic) bond motifs is 2. The number of tetrazole rings is 1. The number of rotatable bonds is 4. The van der Waals surface area contributed by atoms with Crippen molar-refractivity contribution in [3.63, 3.8) is 0 Å². The van der Waals surface area contributed by atoms with Crippen molar-refractivity contribution in [2.24, 2.45) is 0 Å². The summed E-state index contributed by atoms with van der Waals surface area (Å²) in [5, 5.41) is 28.5. The summed E-state index contributed by atoms with van der Waals surface area (Å²) in [5.74, 6) is 0.484. The van der Waals surface area contributed by atoms with E-state index in [0.717, 1.165) is 63.4 Å². The molecule has 0 radical (unpaired) electrons. The van der Waals surface area contributed by atoms with E-state index in [2.05, 4.69) is 42.0 Å². The Morgan fingerprint density at radius 3 is 2.94 bits per heavy atom. The monoisotopic (exact) mass is 433 g/mol. The van der Waals surface area contributed by atoms with Crippen molar-refractivity contribution in [2.45, 2.75) is 37.8 Å². The molecule has 31 heavy (non-hydrogen) atoms. The number of aliphatic hydroxyl groups excluding tert-OH is 1. The second-order valence-corrected chi connectivity index (χ2v) is 8.72. The van der Waals surface area contributed by atoms with Crippen LogP contribution in [-0.2, 0) is 0 Å². The fourth-order valence-electron chi connectivity index (χ4n) is 4.06. The van der Waals surface area contributed by atoms with Crippen molar-refractivity contribution >= 4 is 37.8 Å². The number of nitrogens with zero attached hydrogens (tertiary/aromatic N) is 7. The number of aromatic nitrogens is 8.